The third-order valence-corrected chi connectivity index (χ3v) is 2.77. The number of halogens is 1. The number of nitrogens with two attached hydrogens (primary N) is 1. The summed E-state index contributed by atoms with van der Waals surface area (Å²) < 4.78 is 18.0. The van der Waals surface area contributed by atoms with Crippen molar-refractivity contribution in [2.45, 2.75) is 11.0 Å². The lowest BCUT2D eigenvalue weighted by molar-refractivity contribution is 0.454. The number of nitrogen functional groups attached to an aromatic ring is 1. The van der Waals surface area contributed by atoms with Crippen molar-refractivity contribution in [3.05, 3.63) is 42.0 Å². The van der Waals surface area contributed by atoms with Gasteiger partial charge in [0.2, 0.25) is 0 Å². The predicted molar refractivity (Wildman–Crippen MR) is 56.9 cm³/mol. The first-order chi connectivity index (χ1) is 7.25. The number of aromatic nitrogens is 1. The predicted octanol–water partition coefficient (Wildman–Crippen LogP) is 2.69. The molecule has 0 aliphatic carbocycles. The first-order valence-corrected chi connectivity index (χ1v) is 5.30. The van der Waals surface area contributed by atoms with E-state index < -0.39 is 0 Å². The average molecular weight is 224 g/mol. The van der Waals surface area contributed by atoms with Gasteiger partial charge in [0, 0.05) is 11.4 Å². The Morgan fingerprint density at radius 3 is 3.07 bits per heavy atom. The topological polar surface area (TPSA) is 52.0 Å². The molecule has 1 heterocycles. The number of rotatable bonds is 3. The molecule has 0 aliphatic rings. The summed E-state index contributed by atoms with van der Waals surface area (Å²) in [7, 11) is 0. The number of oxazole rings is 1. The Hall–Kier alpha value is -1.49. The molecule has 1 aromatic heterocycles. The molecule has 1 aromatic carbocycles. The van der Waals surface area contributed by atoms with Crippen molar-refractivity contribution < 1.29 is 8.81 Å². The van der Waals surface area contributed by atoms with E-state index in [4.69, 9.17) is 10.2 Å². The van der Waals surface area contributed by atoms with Gasteiger partial charge in [0.05, 0.1) is 6.20 Å². The summed E-state index contributed by atoms with van der Waals surface area (Å²) in [4.78, 5) is 3.95. The van der Waals surface area contributed by atoms with Gasteiger partial charge in [0.25, 0.3) is 5.22 Å². The Balaban J connectivity index is 2.07. The van der Waals surface area contributed by atoms with E-state index in [1.54, 1.807) is 12.3 Å². The van der Waals surface area contributed by atoms with E-state index in [0.717, 1.165) is 5.56 Å². The van der Waals surface area contributed by atoms with E-state index in [0.29, 0.717) is 16.7 Å². The smallest absolute Gasteiger partial charge is 0.255 e. The van der Waals surface area contributed by atoms with E-state index in [9.17, 15) is 4.39 Å². The standard InChI is InChI=1S/C10H9FN2OS/c11-8-1-2-9(12)7(5-8)6-15-10-13-3-4-14-10/h1-5H,6,12H2. The number of thioether (sulfide) groups is 1. The lowest BCUT2D eigenvalue weighted by Gasteiger charge is -2.03. The van der Waals surface area contributed by atoms with E-state index in [1.807, 2.05) is 0 Å². The Morgan fingerprint density at radius 1 is 1.47 bits per heavy atom. The summed E-state index contributed by atoms with van der Waals surface area (Å²) >= 11 is 1.38. The van der Waals surface area contributed by atoms with Crippen LogP contribution in [0.5, 0.6) is 0 Å². The molecule has 0 bridgehead atoms. The summed E-state index contributed by atoms with van der Waals surface area (Å²) in [5, 5.41) is 0.554. The molecule has 0 radical (unpaired) electrons. The number of hydrogen-bond acceptors (Lipinski definition) is 4. The summed E-state index contributed by atoms with van der Waals surface area (Å²) in [6, 6.07) is 4.32. The molecular weight excluding hydrogens is 215 g/mol. The van der Waals surface area contributed by atoms with Crippen LogP contribution in [0.4, 0.5) is 10.1 Å². The molecule has 0 saturated carbocycles. The molecule has 0 aliphatic heterocycles. The highest BCUT2D eigenvalue weighted by Gasteiger charge is 2.04. The van der Waals surface area contributed by atoms with Crippen LogP contribution in [0.25, 0.3) is 0 Å². The Bertz CT molecular complexity index is 445. The first-order valence-electron chi connectivity index (χ1n) is 4.32. The normalized spacial score (nSPS) is 10.5. The minimum Gasteiger partial charge on any atom is -0.440 e. The van der Waals surface area contributed by atoms with Crippen LogP contribution in [0.3, 0.4) is 0 Å². The minimum atomic E-state index is -0.285. The Morgan fingerprint density at radius 2 is 2.33 bits per heavy atom. The van der Waals surface area contributed by atoms with Crippen molar-refractivity contribution in [1.82, 2.24) is 4.98 Å². The van der Waals surface area contributed by atoms with Gasteiger partial charge in [-0.05, 0) is 23.8 Å². The summed E-state index contributed by atoms with van der Waals surface area (Å²) in [6.07, 6.45) is 3.06. The monoisotopic (exact) mass is 224 g/mol. The third kappa shape index (κ3) is 2.50. The molecule has 0 saturated heterocycles. The second-order valence-electron chi connectivity index (χ2n) is 2.93. The lowest BCUT2D eigenvalue weighted by atomic mass is 10.2. The first kappa shape index (κ1) is 10.0. The van der Waals surface area contributed by atoms with Crippen LogP contribution in [-0.4, -0.2) is 4.98 Å². The van der Waals surface area contributed by atoms with Crippen LogP contribution in [-0.2, 0) is 5.75 Å². The molecule has 0 spiro atoms. The highest BCUT2D eigenvalue weighted by atomic mass is 32.2. The maximum absolute atomic E-state index is 12.9. The second-order valence-corrected chi connectivity index (χ2v) is 3.86. The van der Waals surface area contributed by atoms with Gasteiger partial charge in [0.15, 0.2) is 0 Å². The van der Waals surface area contributed by atoms with Crippen LogP contribution < -0.4 is 5.73 Å². The molecule has 0 amide bonds. The van der Waals surface area contributed by atoms with Crippen molar-refractivity contribution >= 4 is 17.4 Å². The third-order valence-electron chi connectivity index (χ3n) is 1.87. The van der Waals surface area contributed by atoms with Gasteiger partial charge in [0.1, 0.15) is 12.1 Å². The van der Waals surface area contributed by atoms with E-state index in [-0.39, 0.29) is 5.82 Å². The Kier molecular flexibility index (Phi) is 2.91. The molecule has 2 aromatic rings. The maximum atomic E-state index is 12.9. The van der Waals surface area contributed by atoms with Gasteiger partial charge < -0.3 is 10.2 Å². The average Bonchev–Trinajstić information content (AvgIpc) is 2.72. The number of anilines is 1. The van der Waals surface area contributed by atoms with E-state index >= 15 is 0 Å². The largest absolute Gasteiger partial charge is 0.440 e. The van der Waals surface area contributed by atoms with Crippen LogP contribution in [0, 0.1) is 5.82 Å². The number of hydrogen-bond donors (Lipinski definition) is 1. The molecule has 0 atom stereocenters. The fraction of sp³-hybridized carbons (Fsp3) is 0.100. The van der Waals surface area contributed by atoms with Crippen molar-refractivity contribution in [1.29, 1.82) is 0 Å². The number of nitrogens with zero attached hydrogens (tertiary/aromatic N) is 1. The van der Waals surface area contributed by atoms with Crippen molar-refractivity contribution in [3.63, 3.8) is 0 Å². The van der Waals surface area contributed by atoms with Crippen LogP contribution in [0.2, 0.25) is 0 Å². The molecule has 2 rings (SSSR count). The zero-order valence-electron chi connectivity index (χ0n) is 7.81. The van der Waals surface area contributed by atoms with Gasteiger partial charge in [-0.2, -0.15) is 0 Å². The van der Waals surface area contributed by atoms with Crippen LogP contribution in [0.1, 0.15) is 5.56 Å². The van der Waals surface area contributed by atoms with Gasteiger partial charge >= 0.3 is 0 Å². The van der Waals surface area contributed by atoms with E-state index in [2.05, 4.69) is 4.98 Å². The maximum Gasteiger partial charge on any atom is 0.255 e. The fourth-order valence-corrected chi connectivity index (χ4v) is 1.91. The Labute approximate surface area is 90.5 Å². The van der Waals surface area contributed by atoms with Gasteiger partial charge in [-0.3, -0.25) is 0 Å². The van der Waals surface area contributed by atoms with Gasteiger partial charge in [-0.25, -0.2) is 9.37 Å². The molecule has 5 heteroatoms. The van der Waals surface area contributed by atoms with Crippen LogP contribution >= 0.6 is 11.8 Å². The molecule has 3 nitrogen and oxygen atoms in total. The molecule has 0 fully saturated rings. The highest BCUT2D eigenvalue weighted by molar-refractivity contribution is 7.98. The quantitative estimate of drug-likeness (QED) is 0.643. The summed E-state index contributed by atoms with van der Waals surface area (Å²) in [6.45, 7) is 0. The fourth-order valence-electron chi connectivity index (χ4n) is 1.12. The molecule has 2 N–H and O–H groups in total. The van der Waals surface area contributed by atoms with Gasteiger partial charge in [-0.1, -0.05) is 11.8 Å². The van der Waals surface area contributed by atoms with Gasteiger partial charge in [-0.15, -0.1) is 0 Å². The summed E-state index contributed by atoms with van der Waals surface area (Å²) in [5.74, 6) is 0.261. The lowest BCUT2D eigenvalue weighted by Crippen LogP contribution is -1.93. The SMILES string of the molecule is Nc1ccc(F)cc1CSc1ncco1. The number of benzene rings is 1. The van der Waals surface area contributed by atoms with E-state index in [1.165, 1.54) is 30.2 Å². The highest BCUT2D eigenvalue weighted by Crippen LogP contribution is 2.24. The molecule has 15 heavy (non-hydrogen) atoms. The zero-order valence-corrected chi connectivity index (χ0v) is 8.63. The van der Waals surface area contributed by atoms with Crippen LogP contribution in [0.15, 0.2) is 40.3 Å². The van der Waals surface area contributed by atoms with Crippen molar-refractivity contribution in [2.24, 2.45) is 0 Å². The second kappa shape index (κ2) is 4.35. The zero-order chi connectivity index (χ0) is 10.7. The van der Waals surface area contributed by atoms with Crippen molar-refractivity contribution in [2.75, 3.05) is 5.73 Å². The molecule has 0 unspecified atom stereocenters. The molecule has 78 valence electrons. The summed E-state index contributed by atoms with van der Waals surface area (Å²) in [5.41, 5.74) is 7.03. The molecular formula is C10H9FN2OS. The minimum absolute atomic E-state index is 0.285. The van der Waals surface area contributed by atoms with Crippen molar-refractivity contribution in [3.8, 4) is 0 Å².